The first kappa shape index (κ1) is 23.7. The lowest BCUT2D eigenvalue weighted by Crippen LogP contribution is -2.46. The third-order valence-corrected chi connectivity index (χ3v) is 6.04. The summed E-state index contributed by atoms with van der Waals surface area (Å²) in [5.74, 6) is 0. The minimum absolute atomic E-state index is 0.0599. The van der Waals surface area contributed by atoms with Gasteiger partial charge in [-0.15, -0.1) is 0 Å². The fourth-order valence-corrected chi connectivity index (χ4v) is 3.97. The first-order chi connectivity index (χ1) is 15.1. The Kier molecular flexibility index (Phi) is 9.27. The summed E-state index contributed by atoms with van der Waals surface area (Å²) in [4.78, 5) is 20.3. The van der Waals surface area contributed by atoms with Crippen LogP contribution in [0.1, 0.15) is 24.5 Å². The predicted molar refractivity (Wildman–Crippen MR) is 129 cm³/mol. The van der Waals surface area contributed by atoms with Gasteiger partial charge in [-0.1, -0.05) is 13.0 Å². The Morgan fingerprint density at radius 2 is 2.13 bits per heavy atom. The molecule has 0 saturated carbocycles. The predicted octanol–water partition coefficient (Wildman–Crippen LogP) is 2.14. The lowest BCUT2D eigenvalue weighted by molar-refractivity contribution is 0.0357. The summed E-state index contributed by atoms with van der Waals surface area (Å²) >= 11 is 5.69. The van der Waals surface area contributed by atoms with E-state index in [1.165, 1.54) is 5.56 Å². The van der Waals surface area contributed by atoms with Crippen LogP contribution in [0, 0.1) is 0 Å². The molecule has 31 heavy (non-hydrogen) atoms. The number of ether oxygens (including phenoxy) is 2. The van der Waals surface area contributed by atoms with Crippen molar-refractivity contribution in [3.63, 3.8) is 0 Å². The fraction of sp³-hybridized carbons (Fsp3) is 0.565. The number of H-pyrrole nitrogens is 1. The highest BCUT2D eigenvalue weighted by atomic mass is 32.1. The van der Waals surface area contributed by atoms with Crippen LogP contribution in [-0.4, -0.2) is 79.6 Å². The molecule has 0 atom stereocenters. The third-order valence-electron chi connectivity index (χ3n) is 5.63. The van der Waals surface area contributed by atoms with Gasteiger partial charge in [0, 0.05) is 57.5 Å². The van der Waals surface area contributed by atoms with Crippen molar-refractivity contribution in [3.05, 3.63) is 45.7 Å². The minimum atomic E-state index is -0.0599. The summed E-state index contributed by atoms with van der Waals surface area (Å²) in [6.07, 6.45) is 1.84. The van der Waals surface area contributed by atoms with E-state index in [1.54, 1.807) is 7.11 Å². The van der Waals surface area contributed by atoms with E-state index in [2.05, 4.69) is 39.2 Å². The molecule has 0 amide bonds. The van der Waals surface area contributed by atoms with Gasteiger partial charge in [-0.05, 0) is 54.2 Å². The standard InChI is InChI=1S/C23H34N4O3S/c1-3-18-5-6-21-19(15-18)16-20(22(28)25-21)17-27(23(31)24-7-4-12-29-2)9-8-26-10-13-30-14-11-26/h5-6,15-16H,3-4,7-14,17H2,1-2H3,(H,24,31)(H,25,28). The Labute approximate surface area is 189 Å². The molecule has 2 N–H and O–H groups in total. The van der Waals surface area contributed by atoms with Crippen LogP contribution in [0.4, 0.5) is 0 Å². The van der Waals surface area contributed by atoms with Gasteiger partial charge in [-0.3, -0.25) is 9.69 Å². The van der Waals surface area contributed by atoms with Crippen LogP contribution in [0.5, 0.6) is 0 Å². The number of benzene rings is 1. The van der Waals surface area contributed by atoms with Gasteiger partial charge < -0.3 is 24.7 Å². The largest absolute Gasteiger partial charge is 0.385 e. The number of hydrogen-bond acceptors (Lipinski definition) is 5. The van der Waals surface area contributed by atoms with Crippen LogP contribution in [0.25, 0.3) is 10.9 Å². The van der Waals surface area contributed by atoms with Gasteiger partial charge in [-0.25, -0.2) is 0 Å². The van der Waals surface area contributed by atoms with Crippen LogP contribution in [0.3, 0.4) is 0 Å². The number of pyridine rings is 1. The number of fused-ring (bicyclic) bond motifs is 1. The van der Waals surface area contributed by atoms with Crippen molar-refractivity contribution in [1.82, 2.24) is 20.1 Å². The Bertz CT molecular complexity index is 911. The van der Waals surface area contributed by atoms with Crippen molar-refractivity contribution >= 4 is 28.2 Å². The molecule has 2 aromatic rings. The van der Waals surface area contributed by atoms with E-state index in [0.29, 0.717) is 18.3 Å². The average Bonchev–Trinajstić information content (AvgIpc) is 2.80. The molecule has 0 spiro atoms. The topological polar surface area (TPSA) is 69.8 Å². The molecule has 1 fully saturated rings. The van der Waals surface area contributed by atoms with Crippen LogP contribution < -0.4 is 10.9 Å². The van der Waals surface area contributed by atoms with E-state index in [1.807, 2.05) is 12.1 Å². The zero-order valence-corrected chi connectivity index (χ0v) is 19.4. The molecular formula is C23H34N4O3S. The Morgan fingerprint density at radius 1 is 1.32 bits per heavy atom. The molecule has 0 aliphatic carbocycles. The highest BCUT2D eigenvalue weighted by molar-refractivity contribution is 7.80. The number of methoxy groups -OCH3 is 1. The first-order valence-electron chi connectivity index (χ1n) is 11.1. The lowest BCUT2D eigenvalue weighted by atomic mass is 10.1. The minimum Gasteiger partial charge on any atom is -0.385 e. The maximum atomic E-state index is 12.8. The van der Waals surface area contributed by atoms with E-state index in [4.69, 9.17) is 21.7 Å². The van der Waals surface area contributed by atoms with Gasteiger partial charge in [-0.2, -0.15) is 0 Å². The molecule has 1 aliphatic heterocycles. The summed E-state index contributed by atoms with van der Waals surface area (Å²) in [6, 6.07) is 8.19. The van der Waals surface area contributed by atoms with Gasteiger partial charge in [0.25, 0.3) is 5.56 Å². The molecule has 1 aromatic heterocycles. The second kappa shape index (κ2) is 12.1. The van der Waals surface area contributed by atoms with Crippen LogP contribution in [-0.2, 0) is 22.4 Å². The molecule has 1 aliphatic rings. The quantitative estimate of drug-likeness (QED) is 0.428. The molecule has 2 heterocycles. The summed E-state index contributed by atoms with van der Waals surface area (Å²) in [5, 5.41) is 5.05. The maximum absolute atomic E-state index is 12.8. The van der Waals surface area contributed by atoms with Gasteiger partial charge in [0.05, 0.1) is 19.8 Å². The molecule has 0 radical (unpaired) electrons. The number of hydrogen-bond donors (Lipinski definition) is 2. The average molecular weight is 447 g/mol. The monoisotopic (exact) mass is 446 g/mol. The van der Waals surface area contributed by atoms with E-state index in [-0.39, 0.29) is 5.56 Å². The summed E-state index contributed by atoms with van der Waals surface area (Å²) in [7, 11) is 1.70. The van der Waals surface area contributed by atoms with Crippen molar-refractivity contribution in [2.45, 2.75) is 26.3 Å². The number of aromatic amines is 1. The van der Waals surface area contributed by atoms with E-state index < -0.39 is 0 Å². The highest BCUT2D eigenvalue weighted by Crippen LogP contribution is 2.15. The summed E-state index contributed by atoms with van der Waals surface area (Å²) in [6.45, 7) is 9.07. The maximum Gasteiger partial charge on any atom is 0.253 e. The Hall–Kier alpha value is -2.00. The second-order valence-electron chi connectivity index (χ2n) is 7.85. The lowest BCUT2D eigenvalue weighted by Gasteiger charge is -2.31. The normalized spacial score (nSPS) is 14.6. The summed E-state index contributed by atoms with van der Waals surface area (Å²) < 4.78 is 10.6. The van der Waals surface area contributed by atoms with E-state index >= 15 is 0 Å². The molecular weight excluding hydrogens is 412 g/mol. The van der Waals surface area contributed by atoms with Gasteiger partial charge in [0.2, 0.25) is 0 Å². The highest BCUT2D eigenvalue weighted by Gasteiger charge is 2.16. The third kappa shape index (κ3) is 7.00. The number of aryl methyl sites for hydroxylation is 1. The van der Waals surface area contributed by atoms with Gasteiger partial charge in [0.1, 0.15) is 0 Å². The molecule has 1 saturated heterocycles. The summed E-state index contributed by atoms with van der Waals surface area (Å²) in [5.41, 5.74) is 2.79. The molecule has 170 valence electrons. The van der Waals surface area contributed by atoms with Gasteiger partial charge in [0.15, 0.2) is 5.11 Å². The molecule has 0 unspecified atom stereocenters. The molecule has 0 bridgehead atoms. The van der Waals surface area contributed by atoms with Crippen LogP contribution in [0.15, 0.2) is 29.1 Å². The number of nitrogens with zero attached hydrogens (tertiary/aromatic N) is 2. The number of morpholine rings is 1. The van der Waals surface area contributed by atoms with E-state index in [9.17, 15) is 4.79 Å². The van der Waals surface area contributed by atoms with Crippen molar-refractivity contribution in [3.8, 4) is 0 Å². The second-order valence-corrected chi connectivity index (χ2v) is 8.24. The van der Waals surface area contributed by atoms with Crippen LogP contribution in [0.2, 0.25) is 0 Å². The van der Waals surface area contributed by atoms with Crippen molar-refractivity contribution in [1.29, 1.82) is 0 Å². The van der Waals surface area contributed by atoms with Crippen molar-refractivity contribution < 1.29 is 9.47 Å². The van der Waals surface area contributed by atoms with Gasteiger partial charge >= 0.3 is 0 Å². The molecule has 3 rings (SSSR count). The molecule has 7 nitrogen and oxygen atoms in total. The van der Waals surface area contributed by atoms with Crippen molar-refractivity contribution in [2.24, 2.45) is 0 Å². The number of aromatic nitrogens is 1. The van der Waals surface area contributed by atoms with Crippen LogP contribution >= 0.6 is 12.2 Å². The number of nitrogens with one attached hydrogen (secondary N) is 2. The number of rotatable bonds is 10. The Balaban J connectivity index is 1.74. The fourth-order valence-electron chi connectivity index (χ4n) is 3.71. The first-order valence-corrected chi connectivity index (χ1v) is 11.5. The molecule has 8 heteroatoms. The van der Waals surface area contributed by atoms with Crippen molar-refractivity contribution in [2.75, 3.05) is 59.7 Å². The number of thiocarbonyl (C=S) groups is 1. The van der Waals surface area contributed by atoms with E-state index in [0.717, 1.165) is 75.2 Å². The zero-order chi connectivity index (χ0) is 22.1. The zero-order valence-electron chi connectivity index (χ0n) is 18.6. The SMILES string of the molecule is CCc1ccc2[nH]c(=O)c(CN(CCN3CCOCC3)C(=S)NCCCOC)cc2c1. The molecule has 1 aromatic carbocycles. The smallest absolute Gasteiger partial charge is 0.253 e. The Morgan fingerprint density at radius 3 is 2.87 bits per heavy atom.